The van der Waals surface area contributed by atoms with Gasteiger partial charge in [-0.25, -0.2) is 4.68 Å². The van der Waals surface area contributed by atoms with Crippen LogP contribution in [0.3, 0.4) is 0 Å². The molecule has 7 heteroatoms. The van der Waals surface area contributed by atoms with Gasteiger partial charge in [0.05, 0.1) is 23.4 Å². The van der Waals surface area contributed by atoms with Crippen LogP contribution in [0.5, 0.6) is 0 Å². The smallest absolute Gasteiger partial charge is 0.270 e. The molecule has 0 amide bonds. The van der Waals surface area contributed by atoms with E-state index in [1.807, 2.05) is 24.3 Å². The van der Waals surface area contributed by atoms with E-state index in [9.17, 15) is 10.1 Å². The van der Waals surface area contributed by atoms with Gasteiger partial charge in [0.2, 0.25) is 0 Å². The Labute approximate surface area is 132 Å². The van der Waals surface area contributed by atoms with Crippen LogP contribution in [0.15, 0.2) is 54.7 Å². The Kier molecular flexibility index (Phi) is 4.11. The molecule has 3 aromatic rings. The SMILES string of the molecule is NCc1ccc(Cn2nncc2-c2cccc([N+](=O)[O-])c2)cc1. The van der Waals surface area contributed by atoms with Crippen LogP contribution in [0.4, 0.5) is 5.69 Å². The number of rotatable bonds is 5. The summed E-state index contributed by atoms with van der Waals surface area (Å²) in [6.07, 6.45) is 1.60. The van der Waals surface area contributed by atoms with Gasteiger partial charge in [0.25, 0.3) is 5.69 Å². The van der Waals surface area contributed by atoms with Crippen molar-refractivity contribution < 1.29 is 4.92 Å². The van der Waals surface area contributed by atoms with E-state index < -0.39 is 4.92 Å². The van der Waals surface area contributed by atoms with Crippen molar-refractivity contribution in [1.82, 2.24) is 15.0 Å². The maximum absolute atomic E-state index is 10.9. The predicted molar refractivity (Wildman–Crippen MR) is 85.5 cm³/mol. The maximum Gasteiger partial charge on any atom is 0.270 e. The maximum atomic E-state index is 10.9. The van der Waals surface area contributed by atoms with Gasteiger partial charge in [-0.15, -0.1) is 5.10 Å². The Morgan fingerprint density at radius 3 is 2.57 bits per heavy atom. The Balaban J connectivity index is 1.89. The summed E-state index contributed by atoms with van der Waals surface area (Å²) in [4.78, 5) is 10.5. The van der Waals surface area contributed by atoms with Crippen molar-refractivity contribution in [3.8, 4) is 11.3 Å². The van der Waals surface area contributed by atoms with Gasteiger partial charge in [0.1, 0.15) is 0 Å². The molecule has 0 fully saturated rings. The van der Waals surface area contributed by atoms with Gasteiger partial charge in [-0.1, -0.05) is 41.6 Å². The third-order valence-corrected chi connectivity index (χ3v) is 3.56. The first kappa shape index (κ1) is 14.9. The highest BCUT2D eigenvalue weighted by atomic mass is 16.6. The molecule has 0 aliphatic heterocycles. The second-order valence-corrected chi connectivity index (χ2v) is 5.10. The molecule has 2 aromatic carbocycles. The van der Waals surface area contributed by atoms with E-state index in [1.165, 1.54) is 12.1 Å². The van der Waals surface area contributed by atoms with Crippen LogP contribution in [0.2, 0.25) is 0 Å². The minimum absolute atomic E-state index is 0.0440. The summed E-state index contributed by atoms with van der Waals surface area (Å²) in [5.41, 5.74) is 9.20. The van der Waals surface area contributed by atoms with E-state index in [0.29, 0.717) is 18.7 Å². The summed E-state index contributed by atoms with van der Waals surface area (Å²) >= 11 is 0. The first-order valence-electron chi connectivity index (χ1n) is 7.08. The molecular formula is C16H15N5O2. The molecule has 3 rings (SSSR count). The second kappa shape index (κ2) is 6.37. The molecule has 0 saturated heterocycles. The Bertz CT molecular complexity index is 826. The lowest BCUT2D eigenvalue weighted by Crippen LogP contribution is -2.05. The van der Waals surface area contributed by atoms with Crippen LogP contribution in [-0.2, 0) is 13.1 Å². The Morgan fingerprint density at radius 2 is 1.87 bits per heavy atom. The Hall–Kier alpha value is -3.06. The molecule has 0 aliphatic carbocycles. The zero-order valence-corrected chi connectivity index (χ0v) is 12.3. The lowest BCUT2D eigenvalue weighted by atomic mass is 10.1. The summed E-state index contributed by atoms with van der Waals surface area (Å²) in [7, 11) is 0. The van der Waals surface area contributed by atoms with E-state index in [1.54, 1.807) is 23.0 Å². The van der Waals surface area contributed by atoms with Crippen molar-refractivity contribution in [2.24, 2.45) is 5.73 Å². The number of benzene rings is 2. The molecule has 0 atom stereocenters. The van der Waals surface area contributed by atoms with Crippen molar-refractivity contribution in [2.45, 2.75) is 13.1 Å². The average Bonchev–Trinajstić information content (AvgIpc) is 3.04. The molecule has 0 bridgehead atoms. The minimum atomic E-state index is -0.414. The van der Waals surface area contributed by atoms with Crippen molar-refractivity contribution in [2.75, 3.05) is 0 Å². The van der Waals surface area contributed by atoms with Crippen LogP contribution < -0.4 is 5.73 Å². The number of nitro groups is 1. The largest absolute Gasteiger partial charge is 0.326 e. The topological polar surface area (TPSA) is 99.9 Å². The zero-order valence-electron chi connectivity index (χ0n) is 12.3. The van der Waals surface area contributed by atoms with Crippen molar-refractivity contribution in [1.29, 1.82) is 0 Å². The Morgan fingerprint density at radius 1 is 1.13 bits per heavy atom. The fourth-order valence-electron chi connectivity index (χ4n) is 2.33. The zero-order chi connectivity index (χ0) is 16.2. The van der Waals surface area contributed by atoms with Gasteiger partial charge >= 0.3 is 0 Å². The molecule has 2 N–H and O–H groups in total. The highest BCUT2D eigenvalue weighted by Gasteiger charge is 2.11. The summed E-state index contributed by atoms with van der Waals surface area (Å²) in [6, 6.07) is 14.4. The van der Waals surface area contributed by atoms with E-state index in [4.69, 9.17) is 5.73 Å². The quantitative estimate of drug-likeness (QED) is 0.576. The van der Waals surface area contributed by atoms with Crippen LogP contribution in [0.25, 0.3) is 11.3 Å². The van der Waals surface area contributed by atoms with Gasteiger partial charge in [0, 0.05) is 24.2 Å². The van der Waals surface area contributed by atoms with Crippen LogP contribution >= 0.6 is 0 Å². The van der Waals surface area contributed by atoms with E-state index in [0.717, 1.165) is 16.8 Å². The molecule has 0 saturated carbocycles. The molecular weight excluding hydrogens is 294 g/mol. The number of nitro benzene ring substituents is 1. The number of nitrogens with zero attached hydrogens (tertiary/aromatic N) is 4. The molecule has 1 heterocycles. The minimum Gasteiger partial charge on any atom is -0.326 e. The third kappa shape index (κ3) is 3.24. The normalized spacial score (nSPS) is 10.7. The molecule has 116 valence electrons. The van der Waals surface area contributed by atoms with E-state index >= 15 is 0 Å². The molecule has 0 unspecified atom stereocenters. The fourth-order valence-corrected chi connectivity index (χ4v) is 2.33. The standard InChI is InChI=1S/C16H15N5O2/c17-9-12-4-6-13(7-5-12)11-20-16(10-18-19-20)14-2-1-3-15(8-14)21(22)23/h1-8,10H,9,11,17H2. The second-order valence-electron chi connectivity index (χ2n) is 5.10. The molecule has 23 heavy (non-hydrogen) atoms. The van der Waals surface area contributed by atoms with Crippen molar-refractivity contribution in [3.63, 3.8) is 0 Å². The summed E-state index contributed by atoms with van der Waals surface area (Å²) in [5, 5.41) is 18.9. The van der Waals surface area contributed by atoms with Crippen molar-refractivity contribution >= 4 is 5.69 Å². The number of hydrogen-bond acceptors (Lipinski definition) is 5. The van der Waals surface area contributed by atoms with Crippen LogP contribution in [0.1, 0.15) is 11.1 Å². The summed E-state index contributed by atoms with van der Waals surface area (Å²) < 4.78 is 1.72. The lowest BCUT2D eigenvalue weighted by Gasteiger charge is -2.07. The van der Waals surface area contributed by atoms with Crippen LogP contribution in [0, 0.1) is 10.1 Å². The molecule has 7 nitrogen and oxygen atoms in total. The number of nitrogens with two attached hydrogens (primary N) is 1. The highest BCUT2D eigenvalue weighted by Crippen LogP contribution is 2.23. The average molecular weight is 309 g/mol. The third-order valence-electron chi connectivity index (χ3n) is 3.56. The number of hydrogen-bond donors (Lipinski definition) is 1. The van der Waals surface area contributed by atoms with Crippen LogP contribution in [-0.4, -0.2) is 19.9 Å². The highest BCUT2D eigenvalue weighted by molar-refractivity contribution is 5.62. The molecule has 1 aromatic heterocycles. The first-order valence-corrected chi connectivity index (χ1v) is 7.08. The molecule has 0 aliphatic rings. The molecule has 0 radical (unpaired) electrons. The number of non-ortho nitro benzene ring substituents is 1. The van der Waals surface area contributed by atoms with Gasteiger partial charge < -0.3 is 5.73 Å². The molecule has 0 spiro atoms. The van der Waals surface area contributed by atoms with Crippen molar-refractivity contribution in [3.05, 3.63) is 76.0 Å². The van der Waals surface area contributed by atoms with Gasteiger partial charge in [-0.05, 0) is 11.1 Å². The monoisotopic (exact) mass is 309 g/mol. The van der Waals surface area contributed by atoms with Gasteiger partial charge in [-0.3, -0.25) is 10.1 Å². The lowest BCUT2D eigenvalue weighted by molar-refractivity contribution is -0.384. The first-order chi connectivity index (χ1) is 11.2. The summed E-state index contributed by atoms with van der Waals surface area (Å²) in [6.45, 7) is 1.03. The predicted octanol–water partition coefficient (Wildman–Crippen LogP) is 2.36. The summed E-state index contributed by atoms with van der Waals surface area (Å²) in [5.74, 6) is 0. The van der Waals surface area contributed by atoms with Gasteiger partial charge in [0.15, 0.2) is 0 Å². The van der Waals surface area contributed by atoms with E-state index in [2.05, 4.69) is 10.3 Å². The van der Waals surface area contributed by atoms with E-state index in [-0.39, 0.29) is 5.69 Å². The fraction of sp³-hybridized carbons (Fsp3) is 0.125. The van der Waals surface area contributed by atoms with Gasteiger partial charge in [-0.2, -0.15) is 0 Å². The number of aromatic nitrogens is 3.